The number of hydrogen-bond donors (Lipinski definition) is 0. The first-order chi connectivity index (χ1) is 0. The average Bonchev–Trinajstić information content (AvgIpc) is 0. The van der Waals surface area contributed by atoms with E-state index in [0.29, 0.717) is 0 Å². The molecule has 0 aliphatic rings. The zero-order chi connectivity index (χ0) is 0. The van der Waals surface area contributed by atoms with Gasteiger partial charge in [0.2, 0.25) is 0 Å². The van der Waals surface area contributed by atoms with Gasteiger partial charge >= 0.3 is 23.1 Å². The van der Waals surface area contributed by atoms with Crippen molar-refractivity contribution in [3.05, 3.63) is 0 Å². The SMILES string of the molecule is F.F.F.[Cr].[MgH2]. The van der Waals surface area contributed by atoms with Gasteiger partial charge < -0.3 is 0 Å². The van der Waals surface area contributed by atoms with E-state index in [1.54, 1.807) is 0 Å². The zero-order valence-electron chi connectivity index (χ0n) is 1.63. The zero-order valence-corrected chi connectivity index (χ0v) is 2.91. The molecule has 0 saturated carbocycles. The van der Waals surface area contributed by atoms with E-state index >= 15 is 0 Å². The van der Waals surface area contributed by atoms with E-state index in [9.17, 15) is 0 Å². The molecule has 0 saturated heterocycles. The van der Waals surface area contributed by atoms with Crippen LogP contribution in [0.25, 0.3) is 0 Å². The predicted molar refractivity (Wildman–Crippen MR) is 16.1 cm³/mol. The minimum atomic E-state index is 0. The van der Waals surface area contributed by atoms with Gasteiger partial charge in [-0.2, -0.15) is 0 Å². The number of hydrogen-bond acceptors (Lipinski definition) is 0. The Morgan fingerprint density at radius 3 is 0.600 bits per heavy atom. The van der Waals surface area contributed by atoms with Crippen molar-refractivity contribution in [3.8, 4) is 0 Å². The maximum atomic E-state index is 0. The van der Waals surface area contributed by atoms with Gasteiger partial charge in [-0.25, -0.2) is 0 Å². The van der Waals surface area contributed by atoms with E-state index < -0.39 is 0 Å². The molecule has 0 aromatic carbocycles. The van der Waals surface area contributed by atoms with Crippen molar-refractivity contribution < 1.29 is 31.5 Å². The summed E-state index contributed by atoms with van der Waals surface area (Å²) in [5.74, 6) is 0. The molecule has 0 heterocycles. The van der Waals surface area contributed by atoms with Crippen LogP contribution < -0.4 is 0 Å². The molecule has 0 spiro atoms. The van der Waals surface area contributed by atoms with Crippen LogP contribution in [0.4, 0.5) is 14.1 Å². The maximum Gasteiger partial charge on any atom is 0.316 e. The average molecular weight is 138 g/mol. The van der Waals surface area contributed by atoms with Crippen LogP contribution in [0.15, 0.2) is 0 Å². The molecule has 0 radical (unpaired) electrons. The van der Waals surface area contributed by atoms with Gasteiger partial charge in [0.15, 0.2) is 0 Å². The van der Waals surface area contributed by atoms with E-state index in [1.165, 1.54) is 0 Å². The Morgan fingerprint density at radius 1 is 0.600 bits per heavy atom. The van der Waals surface area contributed by atoms with Crippen molar-refractivity contribution in [1.29, 1.82) is 0 Å². The molecule has 0 aliphatic carbocycles. The van der Waals surface area contributed by atoms with Gasteiger partial charge in [0.25, 0.3) is 0 Å². The molecule has 0 aliphatic heterocycles. The quantitative estimate of drug-likeness (QED) is 0.397. The molecular formula is H5CrF3Mg. The maximum absolute atomic E-state index is 0. The molecule has 0 bridgehead atoms. The van der Waals surface area contributed by atoms with E-state index in [0.717, 1.165) is 0 Å². The van der Waals surface area contributed by atoms with Crippen molar-refractivity contribution in [1.82, 2.24) is 0 Å². The molecule has 0 fully saturated rings. The summed E-state index contributed by atoms with van der Waals surface area (Å²) in [6, 6.07) is 0. The second-order valence-corrected chi connectivity index (χ2v) is 0. The first-order valence-corrected chi connectivity index (χ1v) is 0. The van der Waals surface area contributed by atoms with E-state index in [1.807, 2.05) is 0 Å². The third-order valence-electron chi connectivity index (χ3n) is 0. The van der Waals surface area contributed by atoms with Crippen LogP contribution >= 0.6 is 0 Å². The second kappa shape index (κ2) is 71.8. The summed E-state index contributed by atoms with van der Waals surface area (Å²) < 4.78 is 0. The van der Waals surface area contributed by atoms with Crippen LogP contribution in [0.1, 0.15) is 0 Å². The van der Waals surface area contributed by atoms with Crippen molar-refractivity contribution in [2.45, 2.75) is 0 Å². The van der Waals surface area contributed by atoms with Crippen LogP contribution in [0.3, 0.4) is 0 Å². The fraction of sp³-hybridized carbons (Fsp3) is 0. The first-order valence-electron chi connectivity index (χ1n) is 0. The van der Waals surface area contributed by atoms with Crippen LogP contribution in [-0.4, -0.2) is 23.1 Å². The van der Waals surface area contributed by atoms with Crippen molar-refractivity contribution in [2.75, 3.05) is 0 Å². The summed E-state index contributed by atoms with van der Waals surface area (Å²) in [7, 11) is 0. The van der Waals surface area contributed by atoms with Crippen molar-refractivity contribution in [3.63, 3.8) is 0 Å². The molecule has 0 amide bonds. The van der Waals surface area contributed by atoms with Gasteiger partial charge in [0.1, 0.15) is 0 Å². The molecule has 0 rings (SSSR count). The molecule has 5 heavy (non-hydrogen) atoms. The Labute approximate surface area is 54.7 Å². The summed E-state index contributed by atoms with van der Waals surface area (Å²) in [6.07, 6.45) is 0. The topological polar surface area (TPSA) is 0 Å². The van der Waals surface area contributed by atoms with Gasteiger partial charge in [-0.3, -0.25) is 14.1 Å². The molecular weight excluding hydrogens is 133 g/mol. The summed E-state index contributed by atoms with van der Waals surface area (Å²) in [5.41, 5.74) is 0. The molecule has 0 aromatic heterocycles. The van der Waals surface area contributed by atoms with Gasteiger partial charge in [0, 0.05) is 17.4 Å². The Balaban J connectivity index is 0. The molecule has 5 heteroatoms. The van der Waals surface area contributed by atoms with Crippen molar-refractivity contribution >= 4 is 23.1 Å². The van der Waals surface area contributed by atoms with E-state index in [4.69, 9.17) is 0 Å². The molecule has 0 nitrogen and oxygen atoms in total. The van der Waals surface area contributed by atoms with Crippen LogP contribution in [0.5, 0.6) is 0 Å². The largest absolute Gasteiger partial charge is 0.316 e. The molecule has 0 unspecified atom stereocenters. The minimum absolute atomic E-state index is 0. The first kappa shape index (κ1) is 133. The van der Waals surface area contributed by atoms with E-state index in [-0.39, 0.29) is 54.5 Å². The third kappa shape index (κ3) is 41.0. The molecule has 0 aromatic rings. The summed E-state index contributed by atoms with van der Waals surface area (Å²) in [5, 5.41) is 0. The number of halogens is 3. The Morgan fingerprint density at radius 2 is 0.600 bits per heavy atom. The van der Waals surface area contributed by atoms with Crippen LogP contribution in [0, 0.1) is 0 Å². The smallest absolute Gasteiger partial charge is 0.269 e. The summed E-state index contributed by atoms with van der Waals surface area (Å²) >= 11 is 0. The van der Waals surface area contributed by atoms with Gasteiger partial charge in [-0.15, -0.1) is 0 Å². The van der Waals surface area contributed by atoms with Crippen molar-refractivity contribution in [2.24, 2.45) is 0 Å². The standard InChI is InChI=1S/Cr.3FH.Mg.2H/h;3*1H;;;. The molecule has 0 atom stereocenters. The fourth-order valence-corrected chi connectivity index (χ4v) is 0. The van der Waals surface area contributed by atoms with Crippen LogP contribution in [0.2, 0.25) is 0 Å². The third-order valence-corrected chi connectivity index (χ3v) is 0. The van der Waals surface area contributed by atoms with Gasteiger partial charge in [-0.1, -0.05) is 0 Å². The number of rotatable bonds is 0. The molecule has 0 N–H and O–H groups in total. The Bertz CT molecular complexity index is 6.85. The summed E-state index contributed by atoms with van der Waals surface area (Å²) in [4.78, 5) is 0. The van der Waals surface area contributed by atoms with Crippen LogP contribution in [-0.2, 0) is 17.4 Å². The Hall–Kier alpha value is 1.09. The molecule has 34 valence electrons. The fourth-order valence-electron chi connectivity index (χ4n) is 0. The van der Waals surface area contributed by atoms with E-state index in [2.05, 4.69) is 0 Å². The summed E-state index contributed by atoms with van der Waals surface area (Å²) in [6.45, 7) is 0. The van der Waals surface area contributed by atoms with Gasteiger partial charge in [0.05, 0.1) is 0 Å². The van der Waals surface area contributed by atoms with Gasteiger partial charge in [-0.05, 0) is 0 Å². The minimum Gasteiger partial charge on any atom is -0.269 e. The monoisotopic (exact) mass is 138 g/mol. The predicted octanol–water partition coefficient (Wildman–Crippen LogP) is -0.461. The second-order valence-electron chi connectivity index (χ2n) is 0. The normalized spacial score (nSPS) is 0. The Kier molecular flexibility index (Phi) is 1910.